The lowest BCUT2D eigenvalue weighted by Gasteiger charge is -2.28. The smallest absolute Gasteiger partial charge is 0.274 e. The molecule has 0 aliphatic heterocycles. The summed E-state index contributed by atoms with van der Waals surface area (Å²) in [4.78, 5) is 25.5. The Balaban J connectivity index is 2.06. The Hall–Kier alpha value is -2.21. The first-order valence-electron chi connectivity index (χ1n) is 8.79. The lowest BCUT2D eigenvalue weighted by atomic mass is 9.96. The van der Waals surface area contributed by atoms with Crippen molar-refractivity contribution in [1.82, 2.24) is 15.1 Å². The van der Waals surface area contributed by atoms with Gasteiger partial charge in [-0.3, -0.25) is 9.59 Å². The van der Waals surface area contributed by atoms with Crippen molar-refractivity contribution in [2.75, 3.05) is 6.61 Å². The quantitative estimate of drug-likeness (QED) is 0.839. The van der Waals surface area contributed by atoms with Gasteiger partial charge in [-0.15, -0.1) is 0 Å². The van der Waals surface area contributed by atoms with E-state index in [2.05, 4.69) is 10.4 Å². The van der Waals surface area contributed by atoms with E-state index in [1.165, 1.54) is 4.68 Å². The number of aromatic nitrogens is 2. The van der Waals surface area contributed by atoms with Gasteiger partial charge in [0.25, 0.3) is 11.5 Å². The monoisotopic (exact) mass is 343 g/mol. The average molecular weight is 343 g/mol. The first-order valence-corrected chi connectivity index (χ1v) is 8.79. The molecule has 1 fully saturated rings. The maximum absolute atomic E-state index is 12.9. The van der Waals surface area contributed by atoms with Crippen LogP contribution in [-0.2, 0) is 6.54 Å². The van der Waals surface area contributed by atoms with Crippen molar-refractivity contribution >= 4 is 16.7 Å². The lowest BCUT2D eigenvalue weighted by molar-refractivity contribution is 0.0819. The van der Waals surface area contributed by atoms with E-state index in [4.69, 9.17) is 0 Å². The molecule has 2 N–H and O–H groups in total. The summed E-state index contributed by atoms with van der Waals surface area (Å²) >= 11 is 0. The van der Waals surface area contributed by atoms with Crippen molar-refractivity contribution in [2.45, 2.75) is 45.7 Å². The number of hydrogen-bond acceptors (Lipinski definition) is 4. The zero-order chi connectivity index (χ0) is 18.2. The van der Waals surface area contributed by atoms with Gasteiger partial charge in [-0.2, -0.15) is 5.10 Å². The van der Waals surface area contributed by atoms with Crippen LogP contribution in [0.3, 0.4) is 0 Å². The molecule has 1 unspecified atom stereocenters. The summed E-state index contributed by atoms with van der Waals surface area (Å²) in [5.41, 5.74) is -0.608. The van der Waals surface area contributed by atoms with E-state index < -0.39 is 5.54 Å². The summed E-state index contributed by atoms with van der Waals surface area (Å²) in [5.74, 6) is 0.169. The largest absolute Gasteiger partial charge is 0.394 e. The Morgan fingerprint density at radius 3 is 2.56 bits per heavy atom. The second-order valence-electron chi connectivity index (χ2n) is 7.58. The number of aliphatic hydroxyl groups is 1. The SMILES string of the molecule is CC(C)Cn1nc(C(=O)NC(C)(CO)C2CC2)c2ccccc2c1=O. The van der Waals surface area contributed by atoms with Gasteiger partial charge in [0, 0.05) is 11.9 Å². The molecule has 2 aromatic rings. The third-order valence-corrected chi connectivity index (χ3v) is 4.83. The van der Waals surface area contributed by atoms with Crippen molar-refractivity contribution in [2.24, 2.45) is 11.8 Å². The van der Waals surface area contributed by atoms with Crippen molar-refractivity contribution in [3.05, 3.63) is 40.3 Å². The number of amides is 1. The van der Waals surface area contributed by atoms with Gasteiger partial charge >= 0.3 is 0 Å². The van der Waals surface area contributed by atoms with Gasteiger partial charge in [0.1, 0.15) is 0 Å². The number of fused-ring (bicyclic) bond motifs is 1. The number of benzene rings is 1. The van der Waals surface area contributed by atoms with E-state index in [0.29, 0.717) is 17.3 Å². The molecule has 0 bridgehead atoms. The van der Waals surface area contributed by atoms with E-state index in [9.17, 15) is 14.7 Å². The minimum Gasteiger partial charge on any atom is -0.394 e. The molecule has 1 amide bonds. The molecular weight excluding hydrogens is 318 g/mol. The maximum atomic E-state index is 12.9. The highest BCUT2D eigenvalue weighted by atomic mass is 16.3. The Morgan fingerprint density at radius 1 is 1.36 bits per heavy atom. The molecular formula is C19H25N3O3. The molecule has 25 heavy (non-hydrogen) atoms. The molecule has 0 saturated heterocycles. The molecule has 1 aromatic heterocycles. The average Bonchev–Trinajstić information content (AvgIpc) is 3.42. The first-order chi connectivity index (χ1) is 11.9. The lowest BCUT2D eigenvalue weighted by Crippen LogP contribution is -2.51. The van der Waals surface area contributed by atoms with Gasteiger partial charge in [0.05, 0.1) is 17.5 Å². The first kappa shape index (κ1) is 17.6. The van der Waals surface area contributed by atoms with Crippen LogP contribution in [-0.4, -0.2) is 32.9 Å². The van der Waals surface area contributed by atoms with Crippen LogP contribution < -0.4 is 10.9 Å². The summed E-state index contributed by atoms with van der Waals surface area (Å²) in [6, 6.07) is 7.04. The van der Waals surface area contributed by atoms with Gasteiger partial charge in [-0.25, -0.2) is 4.68 Å². The summed E-state index contributed by atoms with van der Waals surface area (Å²) < 4.78 is 1.37. The highest BCUT2D eigenvalue weighted by molar-refractivity contribution is 6.05. The molecule has 3 rings (SSSR count). The fourth-order valence-corrected chi connectivity index (χ4v) is 3.18. The standard InChI is InChI=1S/C19H25N3O3/c1-12(2)10-22-18(25)15-7-5-4-6-14(15)16(21-22)17(24)20-19(3,11-23)13-8-9-13/h4-7,12-13,23H,8-11H2,1-3H3,(H,20,24). The Bertz CT molecular complexity index is 855. The third-order valence-electron chi connectivity index (χ3n) is 4.83. The molecule has 1 aliphatic rings. The van der Waals surface area contributed by atoms with Gasteiger partial charge in [0.15, 0.2) is 5.69 Å². The minimum absolute atomic E-state index is 0.118. The predicted molar refractivity (Wildman–Crippen MR) is 96.5 cm³/mol. The molecule has 134 valence electrons. The second-order valence-corrected chi connectivity index (χ2v) is 7.58. The maximum Gasteiger partial charge on any atom is 0.274 e. The van der Waals surface area contributed by atoms with E-state index in [1.54, 1.807) is 24.3 Å². The van der Waals surface area contributed by atoms with Gasteiger partial charge in [-0.05, 0) is 37.7 Å². The van der Waals surface area contributed by atoms with Gasteiger partial charge in [0.2, 0.25) is 0 Å². The molecule has 6 heteroatoms. The summed E-state index contributed by atoms with van der Waals surface area (Å²) in [5, 5.41) is 18.1. The van der Waals surface area contributed by atoms with E-state index in [0.717, 1.165) is 12.8 Å². The zero-order valence-corrected chi connectivity index (χ0v) is 15.0. The molecule has 0 radical (unpaired) electrons. The minimum atomic E-state index is -0.654. The van der Waals surface area contributed by atoms with E-state index in [1.807, 2.05) is 20.8 Å². The van der Waals surface area contributed by atoms with Crippen LogP contribution in [0.5, 0.6) is 0 Å². The number of carbonyl (C=O) groups is 1. The van der Waals surface area contributed by atoms with Crippen LogP contribution in [0.4, 0.5) is 0 Å². The number of aliphatic hydroxyl groups excluding tert-OH is 1. The van der Waals surface area contributed by atoms with Crippen molar-refractivity contribution in [3.8, 4) is 0 Å². The Labute approximate surface area is 146 Å². The van der Waals surface area contributed by atoms with Crippen molar-refractivity contribution in [1.29, 1.82) is 0 Å². The molecule has 1 atom stereocenters. The number of nitrogens with one attached hydrogen (secondary N) is 1. The molecule has 1 aliphatic carbocycles. The van der Waals surface area contributed by atoms with Crippen molar-refractivity contribution < 1.29 is 9.90 Å². The third kappa shape index (κ3) is 3.44. The number of hydrogen-bond donors (Lipinski definition) is 2. The highest BCUT2D eigenvalue weighted by Crippen LogP contribution is 2.39. The number of nitrogens with zero attached hydrogens (tertiary/aromatic N) is 2. The summed E-state index contributed by atoms with van der Waals surface area (Å²) in [7, 11) is 0. The predicted octanol–water partition coefficient (Wildman–Crippen LogP) is 1.94. The van der Waals surface area contributed by atoms with Crippen LogP contribution in [0.25, 0.3) is 10.8 Å². The molecule has 0 spiro atoms. The van der Waals surface area contributed by atoms with Gasteiger partial charge in [-0.1, -0.05) is 32.0 Å². The fourth-order valence-electron chi connectivity index (χ4n) is 3.18. The molecule has 6 nitrogen and oxygen atoms in total. The van der Waals surface area contributed by atoms with Crippen LogP contribution in [0.2, 0.25) is 0 Å². The van der Waals surface area contributed by atoms with Crippen LogP contribution in [0, 0.1) is 11.8 Å². The van der Waals surface area contributed by atoms with Gasteiger partial charge < -0.3 is 10.4 Å². The number of carbonyl (C=O) groups excluding carboxylic acids is 1. The number of rotatable bonds is 6. The van der Waals surface area contributed by atoms with Crippen LogP contribution in [0.15, 0.2) is 29.1 Å². The second kappa shape index (κ2) is 6.59. The van der Waals surface area contributed by atoms with E-state index in [-0.39, 0.29) is 35.6 Å². The van der Waals surface area contributed by atoms with Crippen LogP contribution >= 0.6 is 0 Å². The normalized spacial score (nSPS) is 16.8. The molecule has 1 aromatic carbocycles. The van der Waals surface area contributed by atoms with E-state index >= 15 is 0 Å². The summed E-state index contributed by atoms with van der Waals surface area (Å²) in [6.45, 7) is 6.18. The topological polar surface area (TPSA) is 84.2 Å². The Kier molecular flexibility index (Phi) is 4.64. The molecule has 1 saturated carbocycles. The highest BCUT2D eigenvalue weighted by Gasteiger charge is 2.42. The van der Waals surface area contributed by atoms with Crippen molar-refractivity contribution in [3.63, 3.8) is 0 Å². The summed E-state index contributed by atoms with van der Waals surface area (Å²) in [6.07, 6.45) is 2.00. The fraction of sp³-hybridized carbons (Fsp3) is 0.526. The zero-order valence-electron chi connectivity index (χ0n) is 15.0. The Morgan fingerprint density at radius 2 is 2.00 bits per heavy atom. The molecule has 1 heterocycles. The van der Waals surface area contributed by atoms with Crippen LogP contribution in [0.1, 0.15) is 44.1 Å².